The molecule has 0 bridgehead atoms. The van der Waals surface area contributed by atoms with Gasteiger partial charge in [0.2, 0.25) is 0 Å². The number of rotatable bonds is 4. The van der Waals surface area contributed by atoms with Crippen molar-refractivity contribution in [3.8, 4) is 5.19 Å². The predicted octanol–water partition coefficient (Wildman–Crippen LogP) is 1.91. The Bertz CT molecular complexity index is 245. The zero-order valence-corrected chi connectivity index (χ0v) is 9.05. The molecule has 78 valence electrons. The van der Waals surface area contributed by atoms with Gasteiger partial charge < -0.3 is 10.1 Å². The zero-order chi connectivity index (χ0) is 9.64. The second-order valence-electron chi connectivity index (χ2n) is 3.65. The number of ether oxygens (including phenoxy) is 1. The van der Waals surface area contributed by atoms with E-state index < -0.39 is 0 Å². The van der Waals surface area contributed by atoms with Crippen molar-refractivity contribution in [2.24, 2.45) is 5.92 Å². The van der Waals surface area contributed by atoms with E-state index in [2.05, 4.69) is 10.3 Å². The molecule has 0 aromatic carbocycles. The van der Waals surface area contributed by atoms with Gasteiger partial charge in [-0.15, -0.1) is 0 Å². The predicted molar refractivity (Wildman–Crippen MR) is 57.8 cm³/mol. The monoisotopic (exact) mass is 212 g/mol. The Labute approximate surface area is 88.5 Å². The average molecular weight is 212 g/mol. The van der Waals surface area contributed by atoms with Gasteiger partial charge in [-0.1, -0.05) is 11.3 Å². The largest absolute Gasteiger partial charge is 0.470 e. The second-order valence-corrected chi connectivity index (χ2v) is 4.50. The first-order chi connectivity index (χ1) is 6.95. The maximum absolute atomic E-state index is 5.53. The van der Waals surface area contributed by atoms with Crippen molar-refractivity contribution in [1.29, 1.82) is 0 Å². The highest BCUT2D eigenvalue weighted by Gasteiger charge is 2.12. The first-order valence-corrected chi connectivity index (χ1v) is 6.06. The molecule has 3 nitrogen and oxygen atoms in total. The maximum atomic E-state index is 5.53. The number of hydrogen-bond donors (Lipinski definition) is 1. The number of piperidine rings is 1. The van der Waals surface area contributed by atoms with Gasteiger partial charge in [-0.2, -0.15) is 0 Å². The second kappa shape index (κ2) is 5.32. The molecule has 0 amide bonds. The summed E-state index contributed by atoms with van der Waals surface area (Å²) >= 11 is 1.56. The fraction of sp³-hybridized carbons (Fsp3) is 0.700. The molecule has 1 saturated heterocycles. The van der Waals surface area contributed by atoms with E-state index in [0.29, 0.717) is 0 Å². The summed E-state index contributed by atoms with van der Waals surface area (Å²) in [5.74, 6) is 0.795. The van der Waals surface area contributed by atoms with Gasteiger partial charge in [0.25, 0.3) is 5.19 Å². The summed E-state index contributed by atoms with van der Waals surface area (Å²) in [4.78, 5) is 4.08. The minimum absolute atomic E-state index is 0.795. The fourth-order valence-electron chi connectivity index (χ4n) is 1.76. The summed E-state index contributed by atoms with van der Waals surface area (Å²) in [6, 6.07) is 0. The Morgan fingerprint density at radius 3 is 3.36 bits per heavy atom. The smallest absolute Gasteiger partial charge is 0.273 e. The lowest BCUT2D eigenvalue weighted by molar-refractivity contribution is 0.253. The van der Waals surface area contributed by atoms with Gasteiger partial charge in [-0.3, -0.25) is 0 Å². The number of nitrogens with zero attached hydrogens (tertiary/aromatic N) is 1. The van der Waals surface area contributed by atoms with Crippen LogP contribution in [0.4, 0.5) is 0 Å². The maximum Gasteiger partial charge on any atom is 0.273 e. The van der Waals surface area contributed by atoms with E-state index >= 15 is 0 Å². The third-order valence-corrected chi connectivity index (χ3v) is 3.24. The third kappa shape index (κ3) is 2.96. The van der Waals surface area contributed by atoms with Crippen LogP contribution in [-0.4, -0.2) is 24.7 Å². The summed E-state index contributed by atoms with van der Waals surface area (Å²) in [6.45, 7) is 3.14. The molecule has 0 radical (unpaired) electrons. The van der Waals surface area contributed by atoms with Crippen molar-refractivity contribution in [3.05, 3.63) is 11.6 Å². The molecular weight excluding hydrogens is 196 g/mol. The van der Waals surface area contributed by atoms with Crippen molar-refractivity contribution < 1.29 is 4.74 Å². The first-order valence-electron chi connectivity index (χ1n) is 5.18. The lowest BCUT2D eigenvalue weighted by Crippen LogP contribution is -2.30. The molecule has 1 aromatic rings. The van der Waals surface area contributed by atoms with E-state index in [0.717, 1.165) is 30.7 Å². The highest BCUT2D eigenvalue weighted by molar-refractivity contribution is 7.11. The molecular formula is C10H16N2OS. The van der Waals surface area contributed by atoms with Crippen molar-refractivity contribution >= 4 is 11.3 Å². The van der Waals surface area contributed by atoms with Crippen LogP contribution < -0.4 is 10.1 Å². The van der Waals surface area contributed by atoms with Crippen LogP contribution in [0.2, 0.25) is 0 Å². The van der Waals surface area contributed by atoms with Crippen LogP contribution in [0.15, 0.2) is 11.6 Å². The van der Waals surface area contributed by atoms with Crippen molar-refractivity contribution in [2.75, 3.05) is 19.7 Å². The molecule has 1 aromatic heterocycles. The zero-order valence-electron chi connectivity index (χ0n) is 8.24. The molecule has 0 unspecified atom stereocenters. The summed E-state index contributed by atoms with van der Waals surface area (Å²) in [7, 11) is 0. The Kier molecular flexibility index (Phi) is 3.77. The third-order valence-electron chi connectivity index (χ3n) is 2.56. The molecule has 0 saturated carbocycles. The molecule has 14 heavy (non-hydrogen) atoms. The normalized spacial score (nSPS) is 22.1. The van der Waals surface area contributed by atoms with E-state index in [1.807, 2.05) is 5.38 Å². The molecule has 2 rings (SSSR count). The van der Waals surface area contributed by atoms with Gasteiger partial charge in [0.1, 0.15) is 0 Å². The number of nitrogens with one attached hydrogen (secondary N) is 1. The van der Waals surface area contributed by atoms with Crippen molar-refractivity contribution in [1.82, 2.24) is 10.3 Å². The fourth-order valence-corrected chi connectivity index (χ4v) is 2.28. The van der Waals surface area contributed by atoms with Gasteiger partial charge in [-0.25, -0.2) is 4.98 Å². The summed E-state index contributed by atoms with van der Waals surface area (Å²) < 4.78 is 5.53. The van der Waals surface area contributed by atoms with Gasteiger partial charge in [-0.05, 0) is 38.3 Å². The highest BCUT2D eigenvalue weighted by Crippen LogP contribution is 2.17. The van der Waals surface area contributed by atoms with Gasteiger partial charge in [0, 0.05) is 11.6 Å². The topological polar surface area (TPSA) is 34.1 Å². The van der Waals surface area contributed by atoms with Crippen LogP contribution in [0, 0.1) is 5.92 Å². The molecule has 2 heterocycles. The van der Waals surface area contributed by atoms with Gasteiger partial charge in [0.05, 0.1) is 6.61 Å². The number of hydrogen-bond acceptors (Lipinski definition) is 4. The van der Waals surface area contributed by atoms with Crippen LogP contribution in [0.5, 0.6) is 5.19 Å². The van der Waals surface area contributed by atoms with Crippen LogP contribution in [0.25, 0.3) is 0 Å². The molecule has 0 aliphatic carbocycles. The molecule has 1 aliphatic rings. The van der Waals surface area contributed by atoms with Crippen LogP contribution in [-0.2, 0) is 0 Å². The van der Waals surface area contributed by atoms with Crippen molar-refractivity contribution in [3.63, 3.8) is 0 Å². The van der Waals surface area contributed by atoms with E-state index in [9.17, 15) is 0 Å². The SMILES string of the molecule is c1csc(OCC[C@H]2CCCNC2)n1. The quantitative estimate of drug-likeness (QED) is 0.828. The number of thiazole rings is 1. The van der Waals surface area contributed by atoms with Gasteiger partial charge >= 0.3 is 0 Å². The summed E-state index contributed by atoms with van der Waals surface area (Å²) in [5, 5.41) is 6.15. The van der Waals surface area contributed by atoms with E-state index in [4.69, 9.17) is 4.74 Å². The van der Waals surface area contributed by atoms with Crippen LogP contribution in [0.3, 0.4) is 0 Å². The molecule has 1 N–H and O–H groups in total. The Balaban J connectivity index is 1.62. The minimum atomic E-state index is 0.795. The van der Waals surface area contributed by atoms with E-state index in [1.165, 1.54) is 19.4 Å². The lowest BCUT2D eigenvalue weighted by Gasteiger charge is -2.22. The van der Waals surface area contributed by atoms with Gasteiger partial charge in [0.15, 0.2) is 0 Å². The first kappa shape index (κ1) is 9.93. The van der Waals surface area contributed by atoms with E-state index in [-0.39, 0.29) is 0 Å². The summed E-state index contributed by atoms with van der Waals surface area (Å²) in [6.07, 6.45) is 5.57. The van der Waals surface area contributed by atoms with Crippen molar-refractivity contribution in [2.45, 2.75) is 19.3 Å². The molecule has 0 spiro atoms. The Morgan fingerprint density at radius 2 is 2.64 bits per heavy atom. The Hall–Kier alpha value is -0.610. The van der Waals surface area contributed by atoms with Crippen LogP contribution in [0.1, 0.15) is 19.3 Å². The lowest BCUT2D eigenvalue weighted by atomic mass is 9.97. The van der Waals surface area contributed by atoms with Crippen LogP contribution >= 0.6 is 11.3 Å². The standard InChI is InChI=1S/C10H16N2OS/c1-2-9(8-11-4-1)3-6-13-10-12-5-7-14-10/h5,7,9,11H,1-4,6,8H2/t9-/m1/s1. The van der Waals surface area contributed by atoms with E-state index in [1.54, 1.807) is 17.5 Å². The summed E-state index contributed by atoms with van der Waals surface area (Å²) in [5.41, 5.74) is 0. The highest BCUT2D eigenvalue weighted by atomic mass is 32.1. The molecule has 1 fully saturated rings. The number of aromatic nitrogens is 1. The molecule has 4 heteroatoms. The molecule has 1 aliphatic heterocycles. The minimum Gasteiger partial charge on any atom is -0.470 e. The molecule has 1 atom stereocenters. The average Bonchev–Trinajstić information content (AvgIpc) is 2.72. The Morgan fingerprint density at radius 1 is 1.64 bits per heavy atom.